The van der Waals surface area contributed by atoms with Crippen molar-refractivity contribution >= 4 is 18.0 Å². The van der Waals surface area contributed by atoms with Crippen LogP contribution in [0.1, 0.15) is 35.7 Å². The van der Waals surface area contributed by atoms with Crippen LogP contribution in [-0.4, -0.2) is 35.7 Å². The second-order valence-corrected chi connectivity index (χ2v) is 4.29. The highest BCUT2D eigenvalue weighted by Crippen LogP contribution is 2.14. The van der Waals surface area contributed by atoms with Crippen LogP contribution in [0.25, 0.3) is 0 Å². The number of aryl methyl sites for hydroxylation is 1. The van der Waals surface area contributed by atoms with Crippen molar-refractivity contribution in [3.63, 3.8) is 0 Å². The zero-order chi connectivity index (χ0) is 16.0. The Hall–Kier alpha value is -2.51. The van der Waals surface area contributed by atoms with Gasteiger partial charge in [0.05, 0.1) is 13.2 Å². The number of amides is 2. The summed E-state index contributed by atoms with van der Waals surface area (Å²) in [5, 5.41) is 13.7. The number of rotatable bonds is 6. The topological polar surface area (TPSA) is 118 Å². The quantitative estimate of drug-likeness (QED) is 0.675. The molecule has 1 aromatic rings. The predicted octanol–water partition coefficient (Wildman–Crippen LogP) is 1.04. The van der Waals surface area contributed by atoms with Gasteiger partial charge in [-0.2, -0.15) is 0 Å². The van der Waals surface area contributed by atoms with Crippen molar-refractivity contribution in [3.8, 4) is 0 Å². The summed E-state index contributed by atoms with van der Waals surface area (Å²) in [5.41, 5.74) is 0.0482. The highest BCUT2D eigenvalue weighted by Gasteiger charge is 2.17. The van der Waals surface area contributed by atoms with Crippen LogP contribution in [0, 0.1) is 6.92 Å². The van der Waals surface area contributed by atoms with Gasteiger partial charge in [0.15, 0.2) is 0 Å². The third kappa shape index (κ3) is 4.83. The van der Waals surface area contributed by atoms with E-state index in [1.165, 1.54) is 19.9 Å². The van der Waals surface area contributed by atoms with Crippen LogP contribution in [0.15, 0.2) is 10.5 Å². The van der Waals surface area contributed by atoms with E-state index in [9.17, 15) is 14.4 Å². The first-order valence-corrected chi connectivity index (χ1v) is 6.38. The number of esters is 1. The number of aromatic carboxylic acids is 1. The van der Waals surface area contributed by atoms with Gasteiger partial charge in [-0.25, -0.2) is 14.4 Å². The molecule has 1 heterocycles. The lowest BCUT2D eigenvalue weighted by Gasteiger charge is -2.12. The van der Waals surface area contributed by atoms with E-state index in [2.05, 4.69) is 10.6 Å². The Morgan fingerprint density at radius 1 is 1.43 bits per heavy atom. The standard InChI is InChI=1S/C13H18N2O6/c1-4-20-12(18)7(2)15-13(19)14-6-9-5-10(11(16)17)8(3)21-9/h5,7H,4,6H2,1-3H3,(H,16,17)(H2,14,15,19). The summed E-state index contributed by atoms with van der Waals surface area (Å²) < 4.78 is 9.95. The maximum Gasteiger partial charge on any atom is 0.339 e. The highest BCUT2D eigenvalue weighted by molar-refractivity contribution is 5.88. The van der Waals surface area contributed by atoms with Gasteiger partial charge in [0.2, 0.25) is 0 Å². The average Bonchev–Trinajstić information content (AvgIpc) is 2.78. The fraction of sp³-hybridized carbons (Fsp3) is 0.462. The summed E-state index contributed by atoms with van der Waals surface area (Å²) in [6.07, 6.45) is 0. The Bertz CT molecular complexity index is 537. The molecule has 0 radical (unpaired) electrons. The predicted molar refractivity (Wildman–Crippen MR) is 71.9 cm³/mol. The first-order valence-electron chi connectivity index (χ1n) is 6.38. The molecule has 1 unspecified atom stereocenters. The number of ether oxygens (including phenoxy) is 1. The van der Waals surface area contributed by atoms with Crippen LogP contribution in [0.2, 0.25) is 0 Å². The number of carbonyl (C=O) groups excluding carboxylic acids is 2. The van der Waals surface area contributed by atoms with Gasteiger partial charge in [-0.05, 0) is 26.8 Å². The second-order valence-electron chi connectivity index (χ2n) is 4.29. The molecule has 21 heavy (non-hydrogen) atoms. The lowest BCUT2D eigenvalue weighted by atomic mass is 10.2. The fourth-order valence-corrected chi connectivity index (χ4v) is 1.58. The third-order valence-electron chi connectivity index (χ3n) is 2.61. The van der Waals surface area contributed by atoms with Crippen LogP contribution in [0.4, 0.5) is 4.79 Å². The van der Waals surface area contributed by atoms with Crippen LogP contribution >= 0.6 is 0 Å². The van der Waals surface area contributed by atoms with Crippen molar-refractivity contribution in [1.29, 1.82) is 0 Å². The minimum Gasteiger partial charge on any atom is -0.478 e. The van der Waals surface area contributed by atoms with Crippen molar-refractivity contribution in [3.05, 3.63) is 23.2 Å². The molecule has 8 nitrogen and oxygen atoms in total. The molecule has 1 atom stereocenters. The van der Waals surface area contributed by atoms with E-state index in [1.54, 1.807) is 6.92 Å². The molecule has 0 aromatic carbocycles. The first-order chi connectivity index (χ1) is 9.85. The molecule has 2 amide bonds. The van der Waals surface area contributed by atoms with Gasteiger partial charge in [-0.3, -0.25) is 0 Å². The highest BCUT2D eigenvalue weighted by atomic mass is 16.5. The van der Waals surface area contributed by atoms with Crippen molar-refractivity contribution in [2.75, 3.05) is 6.61 Å². The molecule has 3 N–H and O–H groups in total. The number of urea groups is 1. The lowest BCUT2D eigenvalue weighted by Crippen LogP contribution is -2.44. The Kier molecular flexibility index (Phi) is 5.77. The van der Waals surface area contributed by atoms with Gasteiger partial charge in [-0.15, -0.1) is 0 Å². The molecule has 0 spiro atoms. The zero-order valence-corrected chi connectivity index (χ0v) is 12.1. The van der Waals surface area contributed by atoms with Gasteiger partial charge in [0.25, 0.3) is 0 Å². The number of nitrogens with one attached hydrogen (secondary N) is 2. The molecule has 0 saturated carbocycles. The van der Waals surface area contributed by atoms with E-state index in [0.717, 1.165) is 0 Å². The molecule has 1 rings (SSSR count). The summed E-state index contributed by atoms with van der Waals surface area (Å²) in [6, 6.07) is -0.0217. The number of carboxylic acids is 1. The Labute approximate surface area is 121 Å². The summed E-state index contributed by atoms with van der Waals surface area (Å²) in [7, 11) is 0. The van der Waals surface area contributed by atoms with Crippen LogP contribution in [0.3, 0.4) is 0 Å². The summed E-state index contributed by atoms with van der Waals surface area (Å²) in [4.78, 5) is 33.7. The van der Waals surface area contributed by atoms with E-state index < -0.39 is 24.0 Å². The fourth-order valence-electron chi connectivity index (χ4n) is 1.58. The Morgan fingerprint density at radius 3 is 2.62 bits per heavy atom. The third-order valence-corrected chi connectivity index (χ3v) is 2.61. The largest absolute Gasteiger partial charge is 0.478 e. The Morgan fingerprint density at radius 2 is 2.10 bits per heavy atom. The molecule has 8 heteroatoms. The summed E-state index contributed by atoms with van der Waals surface area (Å²) >= 11 is 0. The van der Waals surface area contributed by atoms with E-state index in [4.69, 9.17) is 14.3 Å². The molecule has 1 aromatic heterocycles. The van der Waals surface area contributed by atoms with Gasteiger partial charge in [-0.1, -0.05) is 0 Å². The van der Waals surface area contributed by atoms with Crippen LogP contribution in [-0.2, 0) is 16.1 Å². The number of carboxylic acid groups (broad SMARTS) is 1. The lowest BCUT2D eigenvalue weighted by molar-refractivity contribution is -0.144. The minimum absolute atomic E-state index is 0.00942. The number of hydrogen-bond donors (Lipinski definition) is 3. The maximum atomic E-state index is 11.6. The molecule has 116 valence electrons. The number of carbonyl (C=O) groups is 3. The van der Waals surface area contributed by atoms with E-state index >= 15 is 0 Å². The van der Waals surface area contributed by atoms with Crippen molar-refractivity contribution in [2.45, 2.75) is 33.4 Å². The first kappa shape index (κ1) is 16.5. The molecular formula is C13H18N2O6. The molecule has 0 aliphatic rings. The van der Waals surface area contributed by atoms with Gasteiger partial charge in [0, 0.05) is 0 Å². The molecule has 0 bridgehead atoms. The minimum atomic E-state index is -1.09. The van der Waals surface area contributed by atoms with Gasteiger partial charge in [0.1, 0.15) is 23.1 Å². The smallest absolute Gasteiger partial charge is 0.339 e. The van der Waals surface area contributed by atoms with E-state index in [1.807, 2.05) is 0 Å². The summed E-state index contributed by atoms with van der Waals surface area (Å²) in [6.45, 7) is 4.93. The monoisotopic (exact) mass is 298 g/mol. The van der Waals surface area contributed by atoms with Crippen molar-refractivity contribution in [1.82, 2.24) is 10.6 Å². The van der Waals surface area contributed by atoms with Gasteiger partial charge < -0.3 is 24.9 Å². The van der Waals surface area contributed by atoms with E-state index in [-0.39, 0.29) is 24.5 Å². The normalized spacial score (nSPS) is 11.6. The van der Waals surface area contributed by atoms with Crippen molar-refractivity contribution < 1.29 is 28.6 Å². The number of hydrogen-bond acceptors (Lipinski definition) is 5. The van der Waals surface area contributed by atoms with Gasteiger partial charge >= 0.3 is 18.0 Å². The molecule has 0 fully saturated rings. The SMILES string of the molecule is CCOC(=O)C(C)NC(=O)NCc1cc(C(=O)O)c(C)o1. The average molecular weight is 298 g/mol. The maximum absolute atomic E-state index is 11.6. The zero-order valence-electron chi connectivity index (χ0n) is 12.1. The second kappa shape index (κ2) is 7.32. The van der Waals surface area contributed by atoms with Crippen LogP contribution < -0.4 is 10.6 Å². The van der Waals surface area contributed by atoms with E-state index in [0.29, 0.717) is 5.76 Å². The number of furan rings is 1. The molecule has 0 saturated heterocycles. The molecule has 0 aliphatic heterocycles. The van der Waals surface area contributed by atoms with Crippen LogP contribution in [0.5, 0.6) is 0 Å². The molecular weight excluding hydrogens is 280 g/mol. The molecule has 0 aliphatic carbocycles. The Balaban J connectivity index is 2.48. The summed E-state index contributed by atoms with van der Waals surface area (Å²) in [5.74, 6) is -1.05. The van der Waals surface area contributed by atoms with Crippen molar-refractivity contribution in [2.24, 2.45) is 0 Å².